The molecule has 2 aliphatic carbocycles. The highest BCUT2D eigenvalue weighted by Gasteiger charge is 2.41. The Kier molecular flexibility index (Phi) is 6.11. The van der Waals surface area contributed by atoms with E-state index in [2.05, 4.69) is 10.0 Å². The lowest BCUT2D eigenvalue weighted by molar-refractivity contribution is 0.0636. The molecule has 31 heavy (non-hydrogen) atoms. The Balaban J connectivity index is 1.51. The first-order valence-corrected chi connectivity index (χ1v) is 13.1. The molecule has 4 rings (SSSR count). The Morgan fingerprint density at radius 3 is 2.39 bits per heavy atom. The number of thiophene rings is 1. The van der Waals surface area contributed by atoms with Crippen LogP contribution in [-0.2, 0) is 27.6 Å². The van der Waals surface area contributed by atoms with Gasteiger partial charge in [-0.2, -0.15) is 0 Å². The number of hydrogen-bond acceptors (Lipinski definition) is 5. The molecule has 1 aromatic carbocycles. The van der Waals surface area contributed by atoms with Crippen LogP contribution in [0, 0.1) is 11.8 Å². The van der Waals surface area contributed by atoms with Crippen molar-refractivity contribution in [1.29, 1.82) is 0 Å². The van der Waals surface area contributed by atoms with Gasteiger partial charge in [0.15, 0.2) is 0 Å². The molecule has 9 heteroatoms. The summed E-state index contributed by atoms with van der Waals surface area (Å²) < 4.78 is 34.8. The SMILES string of the molecule is CC(C)(C)OC(=O)Nc1ccc2c(c1)CC1CCC(C2)C1NS(=O)(=O)c1ccc(Cl)s1. The van der Waals surface area contributed by atoms with Crippen LogP contribution in [0.4, 0.5) is 10.5 Å². The number of ether oxygens (including phenoxy) is 1. The van der Waals surface area contributed by atoms with Gasteiger partial charge in [0.2, 0.25) is 10.0 Å². The summed E-state index contributed by atoms with van der Waals surface area (Å²) in [5, 5.41) is 2.80. The minimum Gasteiger partial charge on any atom is -0.444 e. The number of carbonyl (C=O) groups excluding carboxylic acids is 1. The van der Waals surface area contributed by atoms with Gasteiger partial charge in [-0.05, 0) is 93.7 Å². The van der Waals surface area contributed by atoms with Gasteiger partial charge in [0.25, 0.3) is 0 Å². The van der Waals surface area contributed by atoms with Crippen LogP contribution in [0.3, 0.4) is 0 Å². The maximum absolute atomic E-state index is 12.9. The number of benzene rings is 1. The van der Waals surface area contributed by atoms with Crippen LogP contribution >= 0.6 is 22.9 Å². The number of sulfonamides is 1. The largest absolute Gasteiger partial charge is 0.444 e. The molecule has 1 fully saturated rings. The molecule has 2 aromatic rings. The quantitative estimate of drug-likeness (QED) is 0.625. The van der Waals surface area contributed by atoms with E-state index in [1.54, 1.807) is 12.1 Å². The molecule has 0 aliphatic heterocycles. The zero-order valence-corrected chi connectivity index (χ0v) is 20.2. The number of hydrogen-bond donors (Lipinski definition) is 2. The van der Waals surface area contributed by atoms with Gasteiger partial charge in [0.05, 0.1) is 4.34 Å². The van der Waals surface area contributed by atoms with Crippen LogP contribution in [-0.4, -0.2) is 26.2 Å². The predicted molar refractivity (Wildman–Crippen MR) is 123 cm³/mol. The minimum atomic E-state index is -3.60. The van der Waals surface area contributed by atoms with E-state index in [0.29, 0.717) is 10.0 Å². The highest BCUT2D eigenvalue weighted by Crippen LogP contribution is 2.41. The van der Waals surface area contributed by atoms with Crippen molar-refractivity contribution in [2.75, 3.05) is 5.32 Å². The van der Waals surface area contributed by atoms with Crippen LogP contribution < -0.4 is 10.0 Å². The molecule has 2 bridgehead atoms. The number of anilines is 1. The normalized spacial score (nSPS) is 23.2. The average molecular weight is 483 g/mol. The molecule has 6 nitrogen and oxygen atoms in total. The molecular formula is C22H27ClN2O4S2. The van der Waals surface area contributed by atoms with E-state index in [1.165, 1.54) is 5.56 Å². The predicted octanol–water partition coefficient (Wildman–Crippen LogP) is 5.22. The molecular weight excluding hydrogens is 456 g/mol. The molecule has 3 unspecified atom stereocenters. The number of nitrogens with one attached hydrogen (secondary N) is 2. The number of fused-ring (bicyclic) bond motifs is 3. The molecule has 1 saturated carbocycles. The molecule has 3 atom stereocenters. The third-order valence-electron chi connectivity index (χ3n) is 5.84. The Morgan fingerprint density at radius 2 is 1.77 bits per heavy atom. The molecule has 1 amide bonds. The molecule has 2 aliphatic rings. The van der Waals surface area contributed by atoms with Crippen LogP contribution in [0.15, 0.2) is 34.5 Å². The fourth-order valence-electron chi connectivity index (χ4n) is 4.58. The van der Waals surface area contributed by atoms with Crippen molar-refractivity contribution in [1.82, 2.24) is 4.72 Å². The maximum Gasteiger partial charge on any atom is 0.412 e. The smallest absolute Gasteiger partial charge is 0.412 e. The van der Waals surface area contributed by atoms with Gasteiger partial charge in [-0.1, -0.05) is 17.7 Å². The second kappa shape index (κ2) is 8.39. The second-order valence-electron chi connectivity index (χ2n) is 9.32. The van der Waals surface area contributed by atoms with E-state index in [4.69, 9.17) is 16.3 Å². The van der Waals surface area contributed by atoms with E-state index >= 15 is 0 Å². The van der Waals surface area contributed by atoms with Crippen LogP contribution in [0.1, 0.15) is 44.7 Å². The number of carbonyl (C=O) groups is 1. The summed E-state index contributed by atoms with van der Waals surface area (Å²) in [7, 11) is -3.60. The van der Waals surface area contributed by atoms with Crippen LogP contribution in [0.25, 0.3) is 0 Å². The Bertz CT molecular complexity index is 1090. The van der Waals surface area contributed by atoms with Crippen molar-refractivity contribution >= 4 is 44.7 Å². The third-order valence-corrected chi connectivity index (χ3v) is 9.03. The fraction of sp³-hybridized carbons (Fsp3) is 0.500. The highest BCUT2D eigenvalue weighted by atomic mass is 35.5. The average Bonchev–Trinajstić information content (AvgIpc) is 3.18. The summed E-state index contributed by atoms with van der Waals surface area (Å²) in [6, 6.07) is 8.96. The first kappa shape index (κ1) is 22.6. The Morgan fingerprint density at radius 1 is 1.10 bits per heavy atom. The standard InChI is InChI=1S/C22H27ClN2O4S2/c1-22(2,3)29-21(26)24-17-7-6-13-10-14-4-5-15(11-16(13)12-17)20(14)25-31(27,28)19-9-8-18(23)30-19/h6-9,12,14-15,20,25H,4-5,10-11H2,1-3H3,(H,24,26). The lowest BCUT2D eigenvalue weighted by Gasteiger charge is -2.23. The molecule has 1 aromatic heterocycles. The van der Waals surface area contributed by atoms with E-state index in [0.717, 1.165) is 42.6 Å². The zero-order chi connectivity index (χ0) is 22.4. The Labute approximate surface area is 192 Å². The summed E-state index contributed by atoms with van der Waals surface area (Å²) in [5.41, 5.74) is 2.50. The number of amides is 1. The first-order chi connectivity index (χ1) is 14.5. The van der Waals surface area contributed by atoms with Gasteiger partial charge >= 0.3 is 6.09 Å². The van der Waals surface area contributed by atoms with Gasteiger partial charge < -0.3 is 4.74 Å². The van der Waals surface area contributed by atoms with Crippen molar-refractivity contribution in [3.8, 4) is 0 Å². The van der Waals surface area contributed by atoms with Crippen LogP contribution in [0.5, 0.6) is 0 Å². The van der Waals surface area contributed by atoms with E-state index in [1.807, 2.05) is 39.0 Å². The van der Waals surface area contributed by atoms with Crippen molar-refractivity contribution < 1.29 is 17.9 Å². The lowest BCUT2D eigenvalue weighted by atomic mass is 9.93. The van der Waals surface area contributed by atoms with Crippen molar-refractivity contribution in [3.63, 3.8) is 0 Å². The molecule has 0 radical (unpaired) electrons. The lowest BCUT2D eigenvalue weighted by Crippen LogP contribution is -2.41. The number of rotatable bonds is 4. The van der Waals surface area contributed by atoms with E-state index in [9.17, 15) is 13.2 Å². The van der Waals surface area contributed by atoms with Crippen molar-refractivity contribution in [2.24, 2.45) is 11.8 Å². The monoisotopic (exact) mass is 482 g/mol. The molecule has 1 heterocycles. The van der Waals surface area contributed by atoms with E-state index in [-0.39, 0.29) is 22.1 Å². The van der Waals surface area contributed by atoms with Gasteiger partial charge in [-0.25, -0.2) is 17.9 Å². The zero-order valence-electron chi connectivity index (χ0n) is 17.8. The van der Waals surface area contributed by atoms with Gasteiger partial charge in [-0.3, -0.25) is 5.32 Å². The summed E-state index contributed by atoms with van der Waals surface area (Å²) in [6.45, 7) is 5.48. The van der Waals surface area contributed by atoms with Crippen LogP contribution in [0.2, 0.25) is 4.34 Å². The molecule has 168 valence electrons. The minimum absolute atomic E-state index is 0.111. The van der Waals surface area contributed by atoms with Crippen molar-refractivity contribution in [2.45, 2.75) is 62.3 Å². The summed E-state index contributed by atoms with van der Waals surface area (Å²) in [4.78, 5) is 12.1. The van der Waals surface area contributed by atoms with Gasteiger partial charge in [-0.15, -0.1) is 11.3 Å². The Hall–Kier alpha value is -1.61. The topological polar surface area (TPSA) is 84.5 Å². The summed E-state index contributed by atoms with van der Waals surface area (Å²) >= 11 is 7.01. The second-order valence-corrected chi connectivity index (χ2v) is 13.0. The molecule has 0 spiro atoms. The maximum atomic E-state index is 12.9. The first-order valence-electron chi connectivity index (χ1n) is 10.4. The molecule has 2 N–H and O–H groups in total. The van der Waals surface area contributed by atoms with E-state index < -0.39 is 21.7 Å². The third kappa shape index (κ3) is 5.25. The summed E-state index contributed by atoms with van der Waals surface area (Å²) in [6.07, 6.45) is 3.08. The van der Waals surface area contributed by atoms with Crippen molar-refractivity contribution in [3.05, 3.63) is 45.8 Å². The fourth-order valence-corrected chi connectivity index (χ4v) is 7.45. The number of halogens is 1. The summed E-state index contributed by atoms with van der Waals surface area (Å²) in [5.74, 6) is 0.467. The highest BCUT2D eigenvalue weighted by molar-refractivity contribution is 7.91. The van der Waals surface area contributed by atoms with Gasteiger partial charge in [0.1, 0.15) is 9.81 Å². The van der Waals surface area contributed by atoms with Gasteiger partial charge in [0, 0.05) is 11.7 Å². The molecule has 0 saturated heterocycles.